The fraction of sp³-hybridized carbons (Fsp3) is 0.750. The molecule has 0 saturated carbocycles. The number of esters is 2. The monoisotopic (exact) mass is 336 g/mol. The van der Waals surface area contributed by atoms with Gasteiger partial charge < -0.3 is 9.47 Å². The number of carbonyl (C=O) groups is 2. The van der Waals surface area contributed by atoms with Gasteiger partial charge >= 0.3 is 11.9 Å². The van der Waals surface area contributed by atoms with E-state index in [9.17, 15) is 9.59 Å². The summed E-state index contributed by atoms with van der Waals surface area (Å²) in [5, 5.41) is 26.3. The lowest BCUT2D eigenvalue weighted by Gasteiger charge is -2.15. The van der Waals surface area contributed by atoms with Crippen LogP contribution in [-0.4, -0.2) is 37.2 Å². The lowest BCUT2D eigenvalue weighted by Crippen LogP contribution is -2.21. The second kappa shape index (κ2) is 12.0. The molecule has 0 N–H and O–H groups in total. The Hall–Kier alpha value is -2.48. The highest BCUT2D eigenvalue weighted by molar-refractivity contribution is 5.70. The van der Waals surface area contributed by atoms with Crippen molar-refractivity contribution in [1.82, 2.24) is 0 Å². The topological polar surface area (TPSA) is 125 Å². The van der Waals surface area contributed by atoms with Gasteiger partial charge in [-0.05, 0) is 27.7 Å². The molecule has 0 aromatic carbocycles. The summed E-state index contributed by atoms with van der Waals surface area (Å²) in [7, 11) is 0. The van der Waals surface area contributed by atoms with Crippen LogP contribution < -0.4 is 0 Å². The Morgan fingerprint density at radius 2 is 1.21 bits per heavy atom. The molecule has 4 atom stereocenters. The van der Waals surface area contributed by atoms with Gasteiger partial charge in [-0.3, -0.25) is 9.59 Å². The third-order valence-electron chi connectivity index (χ3n) is 3.31. The van der Waals surface area contributed by atoms with Crippen molar-refractivity contribution >= 4 is 11.9 Å². The summed E-state index contributed by atoms with van der Waals surface area (Å²) >= 11 is 0. The fourth-order valence-corrected chi connectivity index (χ4v) is 1.82. The molecule has 24 heavy (non-hydrogen) atoms. The fourth-order valence-electron chi connectivity index (χ4n) is 1.82. The summed E-state index contributed by atoms with van der Waals surface area (Å²) in [6, 6.07) is 2.98. The Morgan fingerprint density at radius 1 is 0.875 bits per heavy atom. The van der Waals surface area contributed by atoms with Gasteiger partial charge in [-0.15, -0.1) is 0 Å². The van der Waals surface area contributed by atoms with Crippen LogP contribution in [0.15, 0.2) is 10.2 Å². The van der Waals surface area contributed by atoms with Gasteiger partial charge in [-0.25, -0.2) is 0 Å². The average Bonchev–Trinajstić information content (AvgIpc) is 2.55. The number of ether oxygens (including phenoxy) is 2. The first kappa shape index (κ1) is 21.5. The van der Waals surface area contributed by atoms with Crippen molar-refractivity contribution in [2.45, 2.75) is 52.6 Å². The van der Waals surface area contributed by atoms with Gasteiger partial charge in [0.05, 0.1) is 62.1 Å². The molecule has 0 radical (unpaired) electrons. The van der Waals surface area contributed by atoms with Gasteiger partial charge in [0, 0.05) is 0 Å². The summed E-state index contributed by atoms with van der Waals surface area (Å²) in [5.41, 5.74) is 0. The molecule has 0 spiro atoms. The van der Waals surface area contributed by atoms with E-state index in [2.05, 4.69) is 10.2 Å². The van der Waals surface area contributed by atoms with Crippen LogP contribution in [0.5, 0.6) is 0 Å². The molecule has 0 fully saturated rings. The summed E-state index contributed by atoms with van der Waals surface area (Å²) in [4.78, 5) is 22.9. The van der Waals surface area contributed by atoms with Gasteiger partial charge in [0.15, 0.2) is 0 Å². The van der Waals surface area contributed by atoms with Crippen molar-refractivity contribution < 1.29 is 19.1 Å². The standard InChI is InChI=1S/C16H24N4O4/c1-5-23-15(21)7-13(9-17)11(3)19-20-12(4)14(10-18)8-16(22)24-6-2/h11-14H,5-8H2,1-4H3. The smallest absolute Gasteiger partial charge is 0.307 e. The van der Waals surface area contributed by atoms with Crippen molar-refractivity contribution in [3.05, 3.63) is 0 Å². The zero-order valence-corrected chi connectivity index (χ0v) is 14.6. The quantitative estimate of drug-likeness (QED) is 0.445. The van der Waals surface area contributed by atoms with Crippen LogP contribution >= 0.6 is 0 Å². The first-order valence-corrected chi connectivity index (χ1v) is 7.89. The number of carbonyl (C=O) groups excluding carboxylic acids is 2. The van der Waals surface area contributed by atoms with Crippen LogP contribution in [0.1, 0.15) is 40.5 Å². The van der Waals surface area contributed by atoms with Crippen LogP contribution in [0.2, 0.25) is 0 Å². The Morgan fingerprint density at radius 3 is 1.46 bits per heavy atom. The molecule has 132 valence electrons. The third-order valence-corrected chi connectivity index (χ3v) is 3.31. The van der Waals surface area contributed by atoms with Crippen molar-refractivity contribution in [2.24, 2.45) is 22.1 Å². The molecular formula is C16H24N4O4. The van der Waals surface area contributed by atoms with Crippen LogP contribution in [0.3, 0.4) is 0 Å². The van der Waals surface area contributed by atoms with Crippen molar-refractivity contribution in [3.8, 4) is 12.1 Å². The van der Waals surface area contributed by atoms with Gasteiger partial charge in [0.2, 0.25) is 0 Å². The SMILES string of the molecule is CCOC(=O)CC(C#N)C(C)N=NC(C)C(C#N)CC(=O)OCC. The van der Waals surface area contributed by atoms with Crippen LogP contribution in [0.4, 0.5) is 0 Å². The minimum atomic E-state index is -0.661. The molecule has 0 saturated heterocycles. The highest BCUT2D eigenvalue weighted by Gasteiger charge is 2.24. The number of nitriles is 2. The second-order valence-corrected chi connectivity index (χ2v) is 5.20. The highest BCUT2D eigenvalue weighted by atomic mass is 16.5. The van der Waals surface area contributed by atoms with Gasteiger partial charge in [0.25, 0.3) is 0 Å². The molecule has 0 amide bonds. The number of azo groups is 1. The van der Waals surface area contributed by atoms with Gasteiger partial charge in [-0.1, -0.05) is 0 Å². The minimum absolute atomic E-state index is 0.0661. The largest absolute Gasteiger partial charge is 0.466 e. The number of nitrogens with zero attached hydrogens (tertiary/aromatic N) is 4. The van der Waals surface area contributed by atoms with Crippen LogP contribution in [0.25, 0.3) is 0 Å². The van der Waals surface area contributed by atoms with E-state index in [1.165, 1.54) is 0 Å². The molecule has 8 nitrogen and oxygen atoms in total. The van der Waals surface area contributed by atoms with Crippen LogP contribution in [0, 0.1) is 34.5 Å². The van der Waals surface area contributed by atoms with Crippen LogP contribution in [-0.2, 0) is 19.1 Å². The van der Waals surface area contributed by atoms with Gasteiger partial charge in [0.1, 0.15) is 0 Å². The molecule has 0 aromatic rings. The lowest BCUT2D eigenvalue weighted by atomic mass is 9.99. The molecule has 0 bridgehead atoms. The lowest BCUT2D eigenvalue weighted by molar-refractivity contribution is -0.144. The summed E-state index contributed by atoms with van der Waals surface area (Å²) in [6.45, 7) is 7.21. The molecular weight excluding hydrogens is 312 g/mol. The third kappa shape index (κ3) is 8.23. The maximum Gasteiger partial charge on any atom is 0.307 e. The predicted octanol–water partition coefficient (Wildman–Crippen LogP) is 2.40. The first-order chi connectivity index (χ1) is 11.4. The van der Waals surface area contributed by atoms with Crippen molar-refractivity contribution in [2.75, 3.05) is 13.2 Å². The molecule has 0 rings (SSSR count). The van der Waals surface area contributed by atoms with E-state index < -0.39 is 35.9 Å². The molecule has 0 aliphatic rings. The summed E-state index contributed by atoms with van der Waals surface area (Å²) < 4.78 is 9.63. The number of hydrogen-bond donors (Lipinski definition) is 0. The van der Waals surface area contributed by atoms with E-state index in [1.54, 1.807) is 27.7 Å². The number of hydrogen-bond acceptors (Lipinski definition) is 8. The Labute approximate surface area is 142 Å². The van der Waals surface area contributed by atoms with E-state index >= 15 is 0 Å². The first-order valence-electron chi connectivity index (χ1n) is 7.89. The van der Waals surface area contributed by atoms with Crippen molar-refractivity contribution in [3.63, 3.8) is 0 Å². The van der Waals surface area contributed by atoms with E-state index in [0.717, 1.165) is 0 Å². The molecule has 8 heteroatoms. The zero-order valence-electron chi connectivity index (χ0n) is 14.6. The molecule has 0 heterocycles. The molecule has 0 aromatic heterocycles. The maximum atomic E-state index is 11.5. The van der Waals surface area contributed by atoms with E-state index in [0.29, 0.717) is 0 Å². The Bertz CT molecular complexity index is 475. The normalized spacial score (nSPS) is 15.6. The summed E-state index contributed by atoms with van der Waals surface area (Å²) in [5.74, 6) is -2.25. The minimum Gasteiger partial charge on any atom is -0.466 e. The average molecular weight is 336 g/mol. The molecule has 4 unspecified atom stereocenters. The number of rotatable bonds is 10. The second-order valence-electron chi connectivity index (χ2n) is 5.20. The van der Waals surface area contributed by atoms with Crippen molar-refractivity contribution in [1.29, 1.82) is 10.5 Å². The molecule has 0 aliphatic carbocycles. The van der Waals surface area contributed by atoms with E-state index in [-0.39, 0.29) is 26.1 Å². The summed E-state index contributed by atoms with van der Waals surface area (Å²) in [6.07, 6.45) is -0.132. The Balaban J connectivity index is 4.71. The predicted molar refractivity (Wildman–Crippen MR) is 84.5 cm³/mol. The van der Waals surface area contributed by atoms with E-state index in [4.69, 9.17) is 20.0 Å². The molecule has 0 aliphatic heterocycles. The zero-order chi connectivity index (χ0) is 18.5. The van der Waals surface area contributed by atoms with Gasteiger partial charge in [-0.2, -0.15) is 20.8 Å². The van der Waals surface area contributed by atoms with E-state index in [1.807, 2.05) is 12.1 Å². The Kier molecular flexibility index (Phi) is 10.8. The highest BCUT2D eigenvalue weighted by Crippen LogP contribution is 2.17. The maximum absolute atomic E-state index is 11.5.